The van der Waals surface area contributed by atoms with Gasteiger partial charge in [0.15, 0.2) is 0 Å². The molecule has 0 aliphatic carbocycles. The van der Waals surface area contributed by atoms with Crippen molar-refractivity contribution in [2.45, 2.75) is 25.7 Å². The van der Waals surface area contributed by atoms with E-state index in [-0.39, 0.29) is 18.3 Å². The van der Waals surface area contributed by atoms with E-state index in [1.54, 1.807) is 6.20 Å². The van der Waals surface area contributed by atoms with E-state index in [1.165, 1.54) is 0 Å². The molecule has 0 saturated carbocycles. The van der Waals surface area contributed by atoms with E-state index in [9.17, 15) is 23.3 Å². The van der Waals surface area contributed by atoms with Crippen molar-refractivity contribution in [1.29, 1.82) is 0 Å². The molecular formula is C18H19F3N4O3. The van der Waals surface area contributed by atoms with Crippen LogP contribution in [0.1, 0.15) is 18.1 Å². The SMILES string of the molecule is CC1CN(c2ccc(CNc3ccc(C(F)(F)F)cc3[N+](=O)[O-])cn2)CCO1. The van der Waals surface area contributed by atoms with Gasteiger partial charge in [0.05, 0.1) is 23.2 Å². The summed E-state index contributed by atoms with van der Waals surface area (Å²) in [4.78, 5) is 16.8. The predicted octanol–water partition coefficient (Wildman–Crippen LogP) is 3.85. The Bertz CT molecular complexity index is 843. The van der Waals surface area contributed by atoms with Gasteiger partial charge >= 0.3 is 6.18 Å². The van der Waals surface area contributed by atoms with E-state index < -0.39 is 22.4 Å². The first kappa shape index (κ1) is 19.9. The Morgan fingerprint density at radius 3 is 2.75 bits per heavy atom. The number of anilines is 2. The number of pyridine rings is 1. The highest BCUT2D eigenvalue weighted by molar-refractivity contribution is 5.63. The quantitative estimate of drug-likeness (QED) is 0.611. The zero-order valence-electron chi connectivity index (χ0n) is 15.1. The van der Waals surface area contributed by atoms with Gasteiger partial charge in [-0.2, -0.15) is 13.2 Å². The van der Waals surface area contributed by atoms with Crippen LogP contribution in [-0.4, -0.2) is 35.7 Å². The summed E-state index contributed by atoms with van der Waals surface area (Å²) < 4.78 is 43.8. The average Bonchev–Trinajstić information content (AvgIpc) is 2.66. The third kappa shape index (κ3) is 4.69. The topological polar surface area (TPSA) is 80.5 Å². The molecule has 1 aliphatic heterocycles. The van der Waals surface area contributed by atoms with Crippen molar-refractivity contribution in [2.75, 3.05) is 29.9 Å². The summed E-state index contributed by atoms with van der Waals surface area (Å²) in [6.45, 7) is 4.29. The van der Waals surface area contributed by atoms with Crippen LogP contribution in [0.3, 0.4) is 0 Å². The number of aromatic nitrogens is 1. The summed E-state index contributed by atoms with van der Waals surface area (Å²) in [5.74, 6) is 0.805. The highest BCUT2D eigenvalue weighted by Crippen LogP contribution is 2.35. The first-order chi connectivity index (χ1) is 13.2. The second-order valence-electron chi connectivity index (χ2n) is 6.49. The molecule has 1 atom stereocenters. The maximum Gasteiger partial charge on any atom is 0.416 e. The molecule has 2 aromatic rings. The molecule has 0 spiro atoms. The van der Waals surface area contributed by atoms with Crippen molar-refractivity contribution in [3.05, 3.63) is 57.8 Å². The van der Waals surface area contributed by atoms with Crippen LogP contribution in [0.15, 0.2) is 36.5 Å². The summed E-state index contributed by atoms with van der Waals surface area (Å²) >= 11 is 0. The number of hydrogen-bond acceptors (Lipinski definition) is 6. The van der Waals surface area contributed by atoms with Gasteiger partial charge in [-0.3, -0.25) is 10.1 Å². The second kappa shape index (κ2) is 8.01. The standard InChI is InChI=1S/C18H19F3N4O3/c1-12-11-24(6-7-28-12)17-5-2-13(10-23-17)9-22-15-4-3-14(18(19,20)21)8-16(15)25(26)27/h2-5,8,10,12,22H,6-7,9,11H2,1H3. The van der Waals surface area contributed by atoms with Crippen molar-refractivity contribution in [3.63, 3.8) is 0 Å². The van der Waals surface area contributed by atoms with E-state index in [4.69, 9.17) is 4.74 Å². The van der Waals surface area contributed by atoms with Crippen LogP contribution in [0.4, 0.5) is 30.4 Å². The van der Waals surface area contributed by atoms with E-state index in [0.717, 1.165) is 36.6 Å². The maximum absolute atomic E-state index is 12.8. The van der Waals surface area contributed by atoms with E-state index in [0.29, 0.717) is 12.7 Å². The number of alkyl halides is 3. The second-order valence-corrected chi connectivity index (χ2v) is 6.49. The Hall–Kier alpha value is -2.88. The molecule has 1 unspecified atom stereocenters. The summed E-state index contributed by atoms with van der Waals surface area (Å²) in [6.07, 6.45) is -2.88. The van der Waals surface area contributed by atoms with Crippen LogP contribution >= 0.6 is 0 Å². The molecule has 0 radical (unpaired) electrons. The van der Waals surface area contributed by atoms with Gasteiger partial charge < -0.3 is 15.0 Å². The van der Waals surface area contributed by atoms with Crippen LogP contribution in [0.25, 0.3) is 0 Å². The monoisotopic (exact) mass is 396 g/mol. The lowest BCUT2D eigenvalue weighted by molar-refractivity contribution is -0.384. The van der Waals surface area contributed by atoms with Crippen molar-refractivity contribution >= 4 is 17.2 Å². The lowest BCUT2D eigenvalue weighted by Crippen LogP contribution is -2.41. The molecule has 2 heterocycles. The fraction of sp³-hybridized carbons (Fsp3) is 0.389. The minimum absolute atomic E-state index is 0.0177. The van der Waals surface area contributed by atoms with Gasteiger partial charge in [0, 0.05) is 31.9 Å². The lowest BCUT2D eigenvalue weighted by Gasteiger charge is -2.32. The number of rotatable bonds is 5. The number of hydrogen-bond donors (Lipinski definition) is 1. The molecule has 0 bridgehead atoms. The Kier molecular flexibility index (Phi) is 5.68. The van der Waals surface area contributed by atoms with Gasteiger partial charge in [-0.1, -0.05) is 6.07 Å². The molecular weight excluding hydrogens is 377 g/mol. The third-order valence-electron chi connectivity index (χ3n) is 4.38. The van der Waals surface area contributed by atoms with Crippen LogP contribution in [-0.2, 0) is 17.5 Å². The molecule has 7 nitrogen and oxygen atoms in total. The largest absolute Gasteiger partial charge is 0.416 e. The lowest BCUT2D eigenvalue weighted by atomic mass is 10.1. The molecule has 1 saturated heterocycles. The summed E-state index contributed by atoms with van der Waals surface area (Å²) in [6, 6.07) is 6.08. The maximum atomic E-state index is 12.8. The van der Waals surface area contributed by atoms with Crippen molar-refractivity contribution in [1.82, 2.24) is 4.98 Å². The number of ether oxygens (including phenoxy) is 1. The summed E-state index contributed by atoms with van der Waals surface area (Å²) in [5.41, 5.74) is -0.916. The van der Waals surface area contributed by atoms with Gasteiger partial charge in [0.25, 0.3) is 5.69 Å². The van der Waals surface area contributed by atoms with Crippen LogP contribution < -0.4 is 10.2 Å². The van der Waals surface area contributed by atoms with Crippen LogP contribution in [0, 0.1) is 10.1 Å². The minimum atomic E-state index is -4.64. The zero-order valence-corrected chi connectivity index (χ0v) is 15.1. The average molecular weight is 396 g/mol. The highest BCUT2D eigenvalue weighted by atomic mass is 19.4. The molecule has 1 aromatic carbocycles. The highest BCUT2D eigenvalue weighted by Gasteiger charge is 2.33. The first-order valence-electron chi connectivity index (χ1n) is 8.65. The van der Waals surface area contributed by atoms with Gasteiger partial charge in [-0.15, -0.1) is 0 Å². The Morgan fingerprint density at radius 1 is 1.36 bits per heavy atom. The van der Waals surface area contributed by atoms with Crippen LogP contribution in [0.2, 0.25) is 0 Å². The molecule has 28 heavy (non-hydrogen) atoms. The van der Waals surface area contributed by atoms with Gasteiger partial charge in [-0.25, -0.2) is 4.98 Å². The number of nitrogens with one attached hydrogen (secondary N) is 1. The van der Waals surface area contributed by atoms with Crippen molar-refractivity contribution in [2.24, 2.45) is 0 Å². The molecule has 1 N–H and O–H groups in total. The smallest absolute Gasteiger partial charge is 0.375 e. The fourth-order valence-electron chi connectivity index (χ4n) is 2.94. The number of nitro benzene ring substituents is 1. The van der Waals surface area contributed by atoms with Gasteiger partial charge in [-0.05, 0) is 30.7 Å². The van der Waals surface area contributed by atoms with Gasteiger partial charge in [0.2, 0.25) is 0 Å². The van der Waals surface area contributed by atoms with E-state index in [1.807, 2.05) is 19.1 Å². The summed E-state index contributed by atoms with van der Waals surface area (Å²) in [5, 5.41) is 13.9. The molecule has 0 amide bonds. The fourth-order valence-corrected chi connectivity index (χ4v) is 2.94. The molecule has 150 valence electrons. The first-order valence-corrected chi connectivity index (χ1v) is 8.65. The Morgan fingerprint density at radius 2 is 2.14 bits per heavy atom. The third-order valence-corrected chi connectivity index (χ3v) is 4.38. The minimum Gasteiger partial charge on any atom is -0.375 e. The normalized spacial score (nSPS) is 17.4. The number of halogens is 3. The molecule has 3 rings (SSSR count). The number of benzene rings is 1. The van der Waals surface area contributed by atoms with Crippen molar-refractivity contribution in [3.8, 4) is 0 Å². The number of nitro groups is 1. The Balaban J connectivity index is 1.69. The van der Waals surface area contributed by atoms with Gasteiger partial charge in [0.1, 0.15) is 11.5 Å². The molecule has 1 fully saturated rings. The number of nitrogens with zero attached hydrogens (tertiary/aromatic N) is 3. The van der Waals surface area contributed by atoms with Crippen LogP contribution in [0.5, 0.6) is 0 Å². The van der Waals surface area contributed by atoms with Crippen molar-refractivity contribution < 1.29 is 22.8 Å². The zero-order chi connectivity index (χ0) is 20.3. The molecule has 1 aromatic heterocycles. The van der Waals surface area contributed by atoms with E-state index >= 15 is 0 Å². The Labute approximate surface area is 159 Å². The number of morpholine rings is 1. The van der Waals surface area contributed by atoms with E-state index in [2.05, 4.69) is 15.2 Å². The molecule has 10 heteroatoms. The summed E-state index contributed by atoms with van der Waals surface area (Å²) in [7, 11) is 0. The molecule has 1 aliphatic rings. The predicted molar refractivity (Wildman–Crippen MR) is 97.3 cm³/mol.